The van der Waals surface area contributed by atoms with Gasteiger partial charge in [0, 0.05) is 35.3 Å². The van der Waals surface area contributed by atoms with E-state index in [0.717, 1.165) is 45.3 Å². The number of rotatable bonds is 2. The molecule has 0 spiro atoms. The van der Waals surface area contributed by atoms with E-state index in [9.17, 15) is 4.21 Å². The fraction of sp³-hybridized carbons (Fsp3) is 0.625. The number of hydrogen-bond donors (Lipinski definition) is 1. The van der Waals surface area contributed by atoms with E-state index in [0.29, 0.717) is 0 Å². The Morgan fingerprint density at radius 2 is 1.90 bits per heavy atom. The Kier molecular flexibility index (Phi) is 4.54. The first-order chi connectivity index (χ1) is 9.77. The molecule has 1 heterocycles. The lowest BCUT2D eigenvalue weighted by Crippen LogP contribution is -2.37. The SMILES string of the molecule is NC1c2ccccc2CCCC1S(=O)C1CCOCC1. The van der Waals surface area contributed by atoms with Crippen LogP contribution in [-0.2, 0) is 22.0 Å². The molecule has 0 aromatic heterocycles. The Labute approximate surface area is 123 Å². The van der Waals surface area contributed by atoms with Crippen molar-refractivity contribution in [2.45, 2.75) is 48.6 Å². The number of hydrogen-bond acceptors (Lipinski definition) is 3. The predicted molar refractivity (Wildman–Crippen MR) is 82.1 cm³/mol. The lowest BCUT2D eigenvalue weighted by atomic mass is 10.00. The Balaban J connectivity index is 1.81. The Bertz CT molecular complexity index is 485. The van der Waals surface area contributed by atoms with Crippen LogP contribution in [0, 0.1) is 0 Å². The van der Waals surface area contributed by atoms with Gasteiger partial charge in [0.1, 0.15) is 0 Å². The van der Waals surface area contributed by atoms with Gasteiger partial charge in [-0.25, -0.2) is 0 Å². The summed E-state index contributed by atoms with van der Waals surface area (Å²) in [5, 5.41) is 0.367. The zero-order chi connectivity index (χ0) is 13.9. The van der Waals surface area contributed by atoms with Crippen molar-refractivity contribution in [2.75, 3.05) is 13.2 Å². The molecule has 1 aromatic rings. The van der Waals surface area contributed by atoms with Crippen molar-refractivity contribution < 1.29 is 8.95 Å². The minimum atomic E-state index is -0.846. The molecule has 1 aliphatic carbocycles. The Morgan fingerprint density at radius 3 is 2.70 bits per heavy atom. The summed E-state index contributed by atoms with van der Waals surface area (Å²) in [6.45, 7) is 1.49. The molecule has 3 nitrogen and oxygen atoms in total. The van der Waals surface area contributed by atoms with Crippen molar-refractivity contribution in [3.05, 3.63) is 35.4 Å². The first kappa shape index (κ1) is 14.2. The third-order valence-corrected chi connectivity index (χ3v) is 6.80. The monoisotopic (exact) mass is 293 g/mol. The molecule has 20 heavy (non-hydrogen) atoms. The van der Waals surface area contributed by atoms with Crippen LogP contribution in [0.3, 0.4) is 0 Å². The minimum absolute atomic E-state index is 0.0858. The van der Waals surface area contributed by atoms with Gasteiger partial charge in [-0.15, -0.1) is 0 Å². The first-order valence-corrected chi connectivity index (χ1v) is 8.85. The summed E-state index contributed by atoms with van der Waals surface area (Å²) in [5.74, 6) is 0. The summed E-state index contributed by atoms with van der Waals surface area (Å²) >= 11 is 0. The van der Waals surface area contributed by atoms with E-state index in [2.05, 4.69) is 18.2 Å². The maximum absolute atomic E-state index is 12.9. The van der Waals surface area contributed by atoms with Gasteiger partial charge in [-0.1, -0.05) is 24.3 Å². The third-order valence-electron chi connectivity index (χ3n) is 4.54. The molecule has 0 amide bonds. The fourth-order valence-corrected chi connectivity index (χ4v) is 5.36. The van der Waals surface area contributed by atoms with E-state index >= 15 is 0 Å². The highest BCUT2D eigenvalue weighted by atomic mass is 32.2. The molecule has 0 radical (unpaired) electrons. The van der Waals surface area contributed by atoms with Crippen LogP contribution in [0.1, 0.15) is 42.9 Å². The molecule has 1 fully saturated rings. The Morgan fingerprint density at radius 1 is 1.15 bits per heavy atom. The van der Waals surface area contributed by atoms with E-state index in [-0.39, 0.29) is 16.5 Å². The normalized spacial score (nSPS) is 29.4. The van der Waals surface area contributed by atoms with Gasteiger partial charge in [0.15, 0.2) is 0 Å². The highest BCUT2D eigenvalue weighted by molar-refractivity contribution is 7.86. The van der Waals surface area contributed by atoms with E-state index in [1.165, 1.54) is 11.1 Å². The van der Waals surface area contributed by atoms with E-state index in [1.54, 1.807) is 0 Å². The van der Waals surface area contributed by atoms with Crippen LogP contribution >= 0.6 is 0 Å². The zero-order valence-electron chi connectivity index (χ0n) is 11.8. The lowest BCUT2D eigenvalue weighted by Gasteiger charge is -2.29. The number of aryl methyl sites for hydroxylation is 1. The van der Waals surface area contributed by atoms with Crippen molar-refractivity contribution in [2.24, 2.45) is 5.73 Å². The fourth-order valence-electron chi connectivity index (χ4n) is 3.38. The minimum Gasteiger partial charge on any atom is -0.381 e. The average Bonchev–Trinajstić information content (AvgIpc) is 2.67. The van der Waals surface area contributed by atoms with Crippen LogP contribution < -0.4 is 5.73 Å². The third kappa shape index (κ3) is 2.83. The molecule has 1 saturated heterocycles. The van der Waals surface area contributed by atoms with Gasteiger partial charge in [-0.2, -0.15) is 0 Å². The molecule has 0 bridgehead atoms. The molecular formula is C16H23NO2S. The van der Waals surface area contributed by atoms with Crippen molar-refractivity contribution >= 4 is 10.8 Å². The predicted octanol–water partition coefficient (Wildman–Crippen LogP) is 2.32. The molecule has 0 saturated carbocycles. The second-order valence-electron chi connectivity index (χ2n) is 5.80. The Hall–Kier alpha value is -0.710. The number of benzene rings is 1. The zero-order valence-corrected chi connectivity index (χ0v) is 12.6. The van der Waals surface area contributed by atoms with Crippen LogP contribution in [0.2, 0.25) is 0 Å². The summed E-state index contributed by atoms with van der Waals surface area (Å²) in [4.78, 5) is 0. The van der Waals surface area contributed by atoms with Crippen molar-refractivity contribution in [3.63, 3.8) is 0 Å². The van der Waals surface area contributed by atoms with Crippen LogP contribution in [0.5, 0.6) is 0 Å². The average molecular weight is 293 g/mol. The summed E-state index contributed by atoms with van der Waals surface area (Å²) in [5.41, 5.74) is 9.02. The highest BCUT2D eigenvalue weighted by Gasteiger charge is 2.33. The van der Waals surface area contributed by atoms with Gasteiger partial charge >= 0.3 is 0 Å². The maximum Gasteiger partial charge on any atom is 0.0543 e. The van der Waals surface area contributed by atoms with E-state index in [4.69, 9.17) is 10.5 Å². The van der Waals surface area contributed by atoms with Gasteiger partial charge in [0.25, 0.3) is 0 Å². The molecular weight excluding hydrogens is 270 g/mol. The standard InChI is InChI=1S/C16H23NO2S/c17-16-14-6-2-1-4-12(14)5-3-7-15(16)20(18)13-8-10-19-11-9-13/h1-2,4,6,13,15-16H,3,5,7-11,17H2. The summed E-state index contributed by atoms with van der Waals surface area (Å²) < 4.78 is 18.3. The van der Waals surface area contributed by atoms with E-state index < -0.39 is 10.8 Å². The van der Waals surface area contributed by atoms with Crippen LogP contribution in [0.4, 0.5) is 0 Å². The van der Waals surface area contributed by atoms with Crippen LogP contribution in [0.15, 0.2) is 24.3 Å². The van der Waals surface area contributed by atoms with Crippen LogP contribution in [-0.4, -0.2) is 27.9 Å². The summed E-state index contributed by atoms with van der Waals surface area (Å²) in [7, 11) is -0.846. The summed E-state index contributed by atoms with van der Waals surface area (Å²) in [6, 6.07) is 8.30. The smallest absolute Gasteiger partial charge is 0.0543 e. The van der Waals surface area contributed by atoms with Crippen molar-refractivity contribution in [1.29, 1.82) is 0 Å². The first-order valence-electron chi connectivity index (χ1n) is 7.58. The number of fused-ring (bicyclic) bond motifs is 1. The quantitative estimate of drug-likeness (QED) is 0.851. The molecule has 2 N–H and O–H groups in total. The molecule has 1 aliphatic heterocycles. The molecule has 4 heteroatoms. The molecule has 3 unspecified atom stereocenters. The van der Waals surface area contributed by atoms with Crippen molar-refractivity contribution in [1.82, 2.24) is 0 Å². The lowest BCUT2D eigenvalue weighted by molar-refractivity contribution is 0.0990. The van der Waals surface area contributed by atoms with Gasteiger partial charge in [0.05, 0.1) is 5.25 Å². The van der Waals surface area contributed by atoms with E-state index in [1.807, 2.05) is 6.07 Å². The molecule has 1 aromatic carbocycles. The number of nitrogens with two attached hydrogens (primary N) is 1. The van der Waals surface area contributed by atoms with Gasteiger partial charge in [-0.05, 0) is 43.2 Å². The molecule has 3 atom stereocenters. The second kappa shape index (κ2) is 6.37. The topological polar surface area (TPSA) is 52.3 Å². The summed E-state index contributed by atoms with van der Waals surface area (Å²) in [6.07, 6.45) is 4.95. The van der Waals surface area contributed by atoms with Gasteiger partial charge in [-0.3, -0.25) is 4.21 Å². The molecule has 2 aliphatic rings. The molecule has 110 valence electrons. The second-order valence-corrected chi connectivity index (χ2v) is 7.72. The van der Waals surface area contributed by atoms with Gasteiger partial charge < -0.3 is 10.5 Å². The van der Waals surface area contributed by atoms with Crippen molar-refractivity contribution in [3.8, 4) is 0 Å². The largest absolute Gasteiger partial charge is 0.381 e. The van der Waals surface area contributed by atoms with Crippen LogP contribution in [0.25, 0.3) is 0 Å². The maximum atomic E-state index is 12.9. The highest BCUT2D eigenvalue weighted by Crippen LogP contribution is 2.32. The number of ether oxygens (including phenoxy) is 1. The molecule has 3 rings (SSSR count). The van der Waals surface area contributed by atoms with Gasteiger partial charge in [0.2, 0.25) is 0 Å².